The van der Waals surface area contributed by atoms with Gasteiger partial charge in [-0.1, -0.05) is 27.7 Å². The lowest BCUT2D eigenvalue weighted by Gasteiger charge is -2.36. The molecule has 59 heavy (non-hydrogen) atoms. The molecule has 0 spiro atoms. The maximum atomic E-state index is 12.5. The molecular weight excluding hydrogens is 814 g/mol. The summed E-state index contributed by atoms with van der Waals surface area (Å²) in [5.41, 5.74) is 0. The van der Waals surface area contributed by atoms with Crippen LogP contribution in [-0.4, -0.2) is 236 Å². The minimum Gasteiger partial charge on any atom is -0.392 e. The van der Waals surface area contributed by atoms with Crippen molar-refractivity contribution in [3.63, 3.8) is 0 Å². The lowest BCUT2D eigenvalue weighted by molar-refractivity contribution is -0.121. The van der Waals surface area contributed by atoms with E-state index in [0.29, 0.717) is 97.9 Å². The molecule has 0 aromatic heterocycles. The lowest BCUT2D eigenvalue weighted by atomic mass is 10.2. The average molecular weight is 895 g/mol. The van der Waals surface area contributed by atoms with E-state index in [1.807, 2.05) is 32.6 Å². The zero-order chi connectivity index (χ0) is 44.5. The standard InChI is InChI=1S/C37H80N6O14P2/c1-5-32(44)28-41(13-10-36(48)38-12-9-11-37(49,58(50,51)52)59(53,54)55)21-25-57-26-22-42(29-33(45)6-2)19-18-39-14-16-40(17-15-39)20-24-56-27-23-43(30-34(46)7-3)31-35(47)8-4/h32-35,44-47,49H,5-31H2,1-4H3,(H,38,48)(H2,50,51,52)(H2,53,54,55). The van der Waals surface area contributed by atoms with Gasteiger partial charge in [0.05, 0.1) is 50.8 Å². The zero-order valence-electron chi connectivity index (χ0n) is 36.1. The minimum atomic E-state index is -5.56. The molecule has 22 heteroatoms. The number of hydrogen-bond acceptors (Lipinski definition) is 15. The highest BCUT2D eigenvalue weighted by Gasteiger charge is 2.58. The highest BCUT2D eigenvalue weighted by Crippen LogP contribution is 2.69. The molecule has 0 aromatic carbocycles. The summed E-state index contributed by atoms with van der Waals surface area (Å²) < 4.78 is 34.9. The Hall–Kier alpha value is -0.710. The Morgan fingerprint density at radius 1 is 0.627 bits per heavy atom. The molecule has 1 heterocycles. The number of ether oxygens (including phenoxy) is 2. The van der Waals surface area contributed by atoms with Crippen molar-refractivity contribution in [2.45, 2.75) is 102 Å². The van der Waals surface area contributed by atoms with Gasteiger partial charge in [-0.05, 0) is 32.1 Å². The van der Waals surface area contributed by atoms with Gasteiger partial charge in [-0.2, -0.15) is 0 Å². The predicted octanol–water partition coefficient (Wildman–Crippen LogP) is -1.09. The van der Waals surface area contributed by atoms with Crippen LogP contribution in [0.4, 0.5) is 0 Å². The third-order valence-electron chi connectivity index (χ3n) is 10.8. The van der Waals surface area contributed by atoms with E-state index >= 15 is 0 Å². The first kappa shape index (κ1) is 56.3. The van der Waals surface area contributed by atoms with Crippen LogP contribution in [0.5, 0.6) is 0 Å². The van der Waals surface area contributed by atoms with Crippen molar-refractivity contribution < 1.29 is 68.5 Å². The molecule has 0 radical (unpaired) electrons. The normalized spacial score (nSPS) is 17.2. The molecule has 10 N–H and O–H groups in total. The molecule has 0 aromatic rings. The molecule has 1 aliphatic rings. The Labute approximate surface area is 352 Å². The van der Waals surface area contributed by atoms with Gasteiger partial charge in [-0.3, -0.25) is 38.4 Å². The van der Waals surface area contributed by atoms with Gasteiger partial charge >= 0.3 is 15.2 Å². The Balaban J connectivity index is 2.45. The number of nitrogens with one attached hydrogen (secondary N) is 1. The van der Waals surface area contributed by atoms with Crippen LogP contribution in [0, 0.1) is 0 Å². The highest BCUT2D eigenvalue weighted by atomic mass is 31.2. The first-order valence-electron chi connectivity index (χ1n) is 21.4. The van der Waals surface area contributed by atoms with E-state index in [1.54, 1.807) is 0 Å². The molecule has 4 atom stereocenters. The average Bonchev–Trinajstić information content (AvgIpc) is 3.18. The van der Waals surface area contributed by atoms with E-state index in [4.69, 9.17) is 9.47 Å². The molecule has 352 valence electrons. The Kier molecular flexibility index (Phi) is 29.0. The summed E-state index contributed by atoms with van der Waals surface area (Å²) in [6, 6.07) is 0. The predicted molar refractivity (Wildman–Crippen MR) is 225 cm³/mol. The number of carbonyl (C=O) groups excluding carboxylic acids is 1. The zero-order valence-corrected chi connectivity index (χ0v) is 37.9. The summed E-state index contributed by atoms with van der Waals surface area (Å²) in [7, 11) is -11.1. The van der Waals surface area contributed by atoms with Crippen LogP contribution < -0.4 is 5.32 Å². The van der Waals surface area contributed by atoms with Gasteiger partial charge in [0.1, 0.15) is 0 Å². The molecule has 1 saturated heterocycles. The van der Waals surface area contributed by atoms with Gasteiger partial charge in [0.2, 0.25) is 5.91 Å². The van der Waals surface area contributed by atoms with E-state index in [1.165, 1.54) is 0 Å². The second-order valence-electron chi connectivity index (χ2n) is 15.6. The number of carbonyl (C=O) groups is 1. The molecule has 0 bridgehead atoms. The van der Waals surface area contributed by atoms with Crippen molar-refractivity contribution in [2.75, 3.05) is 131 Å². The molecule has 20 nitrogen and oxygen atoms in total. The summed E-state index contributed by atoms with van der Waals surface area (Å²) in [6.45, 7) is 19.6. The molecular formula is C37H80N6O14P2. The van der Waals surface area contributed by atoms with Crippen LogP contribution >= 0.6 is 15.2 Å². The van der Waals surface area contributed by atoms with E-state index in [-0.39, 0.29) is 25.9 Å². The first-order chi connectivity index (χ1) is 27.8. The van der Waals surface area contributed by atoms with Gasteiger partial charge in [-0.15, -0.1) is 0 Å². The second kappa shape index (κ2) is 30.4. The SMILES string of the molecule is CCC(O)CN(CCOCCN(CCN1CCN(CCOCCN(CC(O)CC)CC(O)CC)CC1)CC(O)CC)CCC(=O)NCCCC(O)(P(=O)(O)O)P(=O)(O)O. The van der Waals surface area contributed by atoms with Crippen LogP contribution in [-0.2, 0) is 23.4 Å². The monoisotopic (exact) mass is 895 g/mol. The third kappa shape index (κ3) is 24.1. The van der Waals surface area contributed by atoms with Crippen LogP contribution in [0.15, 0.2) is 0 Å². The fourth-order valence-electron chi connectivity index (χ4n) is 6.41. The molecule has 0 aliphatic carbocycles. The van der Waals surface area contributed by atoms with Crippen molar-refractivity contribution in [2.24, 2.45) is 0 Å². The Bertz CT molecular complexity index is 1160. The van der Waals surface area contributed by atoms with Crippen LogP contribution in [0.3, 0.4) is 0 Å². The molecule has 1 rings (SSSR count). The highest BCUT2D eigenvalue weighted by molar-refractivity contribution is 7.72. The van der Waals surface area contributed by atoms with Crippen LogP contribution in [0.25, 0.3) is 0 Å². The number of aliphatic hydroxyl groups excluding tert-OH is 4. The molecule has 1 amide bonds. The van der Waals surface area contributed by atoms with Gasteiger partial charge < -0.3 is 59.9 Å². The number of nitrogens with zero attached hydrogens (tertiary/aromatic N) is 5. The first-order valence-corrected chi connectivity index (χ1v) is 24.6. The quantitative estimate of drug-likeness (QED) is 0.0264. The van der Waals surface area contributed by atoms with Gasteiger partial charge in [0.15, 0.2) is 0 Å². The van der Waals surface area contributed by atoms with Crippen LogP contribution in [0.1, 0.15) is 72.6 Å². The van der Waals surface area contributed by atoms with Crippen molar-refractivity contribution in [3.8, 4) is 0 Å². The molecule has 1 aliphatic heterocycles. The van der Waals surface area contributed by atoms with Crippen LogP contribution in [0.2, 0.25) is 0 Å². The van der Waals surface area contributed by atoms with E-state index in [2.05, 4.69) is 24.9 Å². The summed E-state index contributed by atoms with van der Waals surface area (Å²) in [5, 5.41) is 49.9. The maximum absolute atomic E-state index is 12.5. The van der Waals surface area contributed by atoms with Crippen molar-refractivity contribution in [3.05, 3.63) is 0 Å². The smallest absolute Gasteiger partial charge is 0.369 e. The largest absolute Gasteiger partial charge is 0.392 e. The summed E-state index contributed by atoms with van der Waals surface area (Å²) in [4.78, 5) is 60.6. The fraction of sp³-hybridized carbons (Fsp3) is 0.973. The maximum Gasteiger partial charge on any atom is 0.369 e. The Morgan fingerprint density at radius 2 is 1.02 bits per heavy atom. The third-order valence-corrected chi connectivity index (χ3v) is 14.6. The van der Waals surface area contributed by atoms with Crippen molar-refractivity contribution >= 4 is 21.1 Å². The topological polar surface area (TPSA) is 280 Å². The molecule has 0 saturated carbocycles. The summed E-state index contributed by atoms with van der Waals surface area (Å²) in [6.07, 6.45) is -0.577. The lowest BCUT2D eigenvalue weighted by Crippen LogP contribution is -2.49. The van der Waals surface area contributed by atoms with E-state index < -0.39 is 57.0 Å². The fourth-order valence-corrected chi connectivity index (χ4v) is 8.67. The Morgan fingerprint density at radius 3 is 1.46 bits per heavy atom. The number of hydrogen-bond donors (Lipinski definition) is 10. The summed E-state index contributed by atoms with van der Waals surface area (Å²) in [5.74, 6) is -0.415. The van der Waals surface area contributed by atoms with Gasteiger partial charge in [0.25, 0.3) is 5.08 Å². The minimum absolute atomic E-state index is 0.0263. The van der Waals surface area contributed by atoms with Crippen molar-refractivity contribution in [1.29, 1.82) is 0 Å². The second-order valence-corrected chi connectivity index (χ2v) is 19.6. The number of rotatable bonds is 36. The number of amides is 1. The molecule has 4 unspecified atom stereocenters. The van der Waals surface area contributed by atoms with Crippen molar-refractivity contribution in [1.82, 2.24) is 29.8 Å². The molecule has 1 fully saturated rings. The van der Waals surface area contributed by atoms with Gasteiger partial charge in [0, 0.05) is 118 Å². The summed E-state index contributed by atoms with van der Waals surface area (Å²) >= 11 is 0. The van der Waals surface area contributed by atoms with E-state index in [9.17, 15) is 59.0 Å². The van der Waals surface area contributed by atoms with Gasteiger partial charge in [-0.25, -0.2) is 0 Å². The van der Waals surface area contributed by atoms with E-state index in [0.717, 1.165) is 45.8 Å². The number of piperazine rings is 1. The number of aliphatic hydroxyl groups is 5.